The van der Waals surface area contributed by atoms with Crippen molar-refractivity contribution in [3.8, 4) is 0 Å². The van der Waals surface area contributed by atoms with Crippen molar-refractivity contribution < 1.29 is 18.8 Å². The van der Waals surface area contributed by atoms with Gasteiger partial charge in [-0.2, -0.15) is 0 Å². The first-order valence-corrected chi connectivity index (χ1v) is 12.4. The molecule has 5 rings (SSSR count). The van der Waals surface area contributed by atoms with E-state index in [4.69, 9.17) is 9.26 Å². The minimum absolute atomic E-state index is 0.0245. The normalized spacial score (nSPS) is 18.7. The molecule has 0 aliphatic carbocycles. The molecule has 8 nitrogen and oxygen atoms in total. The van der Waals surface area contributed by atoms with Gasteiger partial charge in [0.2, 0.25) is 5.91 Å². The van der Waals surface area contributed by atoms with E-state index in [0.717, 1.165) is 67.2 Å². The second-order valence-electron chi connectivity index (χ2n) is 9.36. The number of aromatic nitrogens is 1. The van der Waals surface area contributed by atoms with E-state index < -0.39 is 0 Å². The number of amides is 1. The summed E-state index contributed by atoms with van der Waals surface area (Å²) < 4.78 is 10.5. The number of carbonyl (C=O) groups excluding carboxylic acids is 2. The Morgan fingerprint density at radius 1 is 1.14 bits per heavy atom. The van der Waals surface area contributed by atoms with Crippen LogP contribution >= 0.6 is 0 Å². The predicted octanol–water partition coefficient (Wildman–Crippen LogP) is 3.60. The predicted molar refractivity (Wildman–Crippen MR) is 135 cm³/mol. The lowest BCUT2D eigenvalue weighted by atomic mass is 9.89. The summed E-state index contributed by atoms with van der Waals surface area (Å²) in [6, 6.07) is 14.3. The fourth-order valence-corrected chi connectivity index (χ4v) is 5.10. The highest BCUT2D eigenvalue weighted by molar-refractivity contribution is 6.00. The van der Waals surface area contributed by atoms with Gasteiger partial charge in [-0.1, -0.05) is 36.3 Å². The SMILES string of the molecule is CCOC(=O)CN1C(=O)CC(C)c2cc(CCN3CCN(c4noc5ccccc45)CC3)ccc21. The molecule has 1 aromatic heterocycles. The molecule has 1 saturated heterocycles. The standard InChI is InChI=1S/C27H32N4O4/c1-3-34-26(33)18-31-23-9-8-20(17-22(23)19(2)16-25(31)32)10-11-29-12-14-30(15-13-29)27-21-6-4-5-7-24(21)35-28-27/h4-9,17,19H,3,10-16,18H2,1-2H3. The minimum atomic E-state index is -0.372. The lowest BCUT2D eigenvalue weighted by Gasteiger charge is -2.35. The van der Waals surface area contributed by atoms with E-state index in [9.17, 15) is 9.59 Å². The minimum Gasteiger partial charge on any atom is -0.465 e. The molecule has 3 heterocycles. The van der Waals surface area contributed by atoms with Crippen molar-refractivity contribution in [3.63, 3.8) is 0 Å². The Balaban J connectivity index is 1.20. The zero-order valence-electron chi connectivity index (χ0n) is 20.4. The Kier molecular flexibility index (Phi) is 6.72. The first kappa shape index (κ1) is 23.4. The quantitative estimate of drug-likeness (QED) is 0.482. The molecular formula is C27H32N4O4. The van der Waals surface area contributed by atoms with Gasteiger partial charge >= 0.3 is 5.97 Å². The van der Waals surface area contributed by atoms with E-state index in [1.807, 2.05) is 24.3 Å². The van der Waals surface area contributed by atoms with Crippen LogP contribution in [0.2, 0.25) is 0 Å². The van der Waals surface area contributed by atoms with Crippen molar-refractivity contribution in [2.75, 3.05) is 55.7 Å². The maximum Gasteiger partial charge on any atom is 0.326 e. The van der Waals surface area contributed by atoms with Gasteiger partial charge < -0.3 is 19.1 Å². The first-order chi connectivity index (χ1) is 17.0. The van der Waals surface area contributed by atoms with Crippen molar-refractivity contribution in [2.24, 2.45) is 0 Å². The first-order valence-electron chi connectivity index (χ1n) is 12.4. The molecule has 0 bridgehead atoms. The van der Waals surface area contributed by atoms with Crippen LogP contribution in [0.5, 0.6) is 0 Å². The number of esters is 1. The second-order valence-corrected chi connectivity index (χ2v) is 9.36. The smallest absolute Gasteiger partial charge is 0.326 e. The highest BCUT2D eigenvalue weighted by Crippen LogP contribution is 2.36. The van der Waals surface area contributed by atoms with Crippen LogP contribution < -0.4 is 9.80 Å². The van der Waals surface area contributed by atoms with Gasteiger partial charge in [-0.15, -0.1) is 0 Å². The molecule has 2 aliphatic rings. The number of benzene rings is 2. The summed E-state index contributed by atoms with van der Waals surface area (Å²) in [5.74, 6) is 0.675. The average molecular weight is 477 g/mol. The molecule has 0 N–H and O–H groups in total. The number of anilines is 2. The third kappa shape index (κ3) is 4.89. The summed E-state index contributed by atoms with van der Waals surface area (Å²) in [6.45, 7) is 8.90. The van der Waals surface area contributed by atoms with Crippen molar-refractivity contribution in [1.82, 2.24) is 10.1 Å². The van der Waals surface area contributed by atoms with Crippen molar-refractivity contribution >= 4 is 34.4 Å². The number of piperazine rings is 1. The highest BCUT2D eigenvalue weighted by atomic mass is 16.5. The molecule has 1 fully saturated rings. The fourth-order valence-electron chi connectivity index (χ4n) is 5.10. The molecule has 2 aromatic carbocycles. The van der Waals surface area contributed by atoms with Crippen LogP contribution in [-0.4, -0.2) is 67.8 Å². The molecule has 1 atom stereocenters. The summed E-state index contributed by atoms with van der Waals surface area (Å²) in [7, 11) is 0. The Hall–Kier alpha value is -3.39. The molecule has 35 heavy (non-hydrogen) atoms. The number of ether oxygens (including phenoxy) is 1. The lowest BCUT2D eigenvalue weighted by molar-refractivity contribution is -0.142. The molecule has 0 spiro atoms. The number of fused-ring (bicyclic) bond motifs is 2. The van der Waals surface area contributed by atoms with Crippen LogP contribution in [0.3, 0.4) is 0 Å². The Morgan fingerprint density at radius 3 is 2.74 bits per heavy atom. The molecule has 0 saturated carbocycles. The number of nitrogens with zero attached hydrogens (tertiary/aromatic N) is 4. The van der Waals surface area contributed by atoms with Gasteiger partial charge in [0, 0.05) is 44.8 Å². The monoisotopic (exact) mass is 476 g/mol. The molecule has 3 aromatic rings. The zero-order chi connectivity index (χ0) is 24.4. The van der Waals surface area contributed by atoms with E-state index in [1.165, 1.54) is 5.56 Å². The van der Waals surface area contributed by atoms with Gasteiger partial charge in [0.15, 0.2) is 11.4 Å². The van der Waals surface area contributed by atoms with Gasteiger partial charge in [-0.05, 0) is 48.6 Å². The van der Waals surface area contributed by atoms with Gasteiger partial charge in [0.05, 0.1) is 12.0 Å². The van der Waals surface area contributed by atoms with Crippen LogP contribution in [0.15, 0.2) is 47.0 Å². The summed E-state index contributed by atoms with van der Waals surface area (Å²) in [5.41, 5.74) is 4.05. The molecule has 184 valence electrons. The fraction of sp³-hybridized carbons (Fsp3) is 0.444. The van der Waals surface area contributed by atoms with Gasteiger partial charge in [0.25, 0.3) is 0 Å². The van der Waals surface area contributed by atoms with E-state index >= 15 is 0 Å². The van der Waals surface area contributed by atoms with Gasteiger partial charge in [-0.25, -0.2) is 0 Å². The molecule has 0 radical (unpaired) electrons. The molecule has 8 heteroatoms. The lowest BCUT2D eigenvalue weighted by Crippen LogP contribution is -2.47. The van der Waals surface area contributed by atoms with E-state index in [2.05, 4.69) is 40.1 Å². The molecule has 1 amide bonds. The van der Waals surface area contributed by atoms with Crippen molar-refractivity contribution in [3.05, 3.63) is 53.6 Å². The van der Waals surface area contributed by atoms with Crippen molar-refractivity contribution in [2.45, 2.75) is 32.6 Å². The van der Waals surface area contributed by atoms with Crippen LogP contribution in [0.4, 0.5) is 11.5 Å². The van der Waals surface area contributed by atoms with E-state index in [1.54, 1.807) is 11.8 Å². The largest absolute Gasteiger partial charge is 0.465 e. The summed E-state index contributed by atoms with van der Waals surface area (Å²) in [6.07, 6.45) is 1.35. The third-order valence-corrected chi connectivity index (χ3v) is 7.04. The zero-order valence-corrected chi connectivity index (χ0v) is 20.4. The Labute approximate surface area is 205 Å². The summed E-state index contributed by atoms with van der Waals surface area (Å²) in [5, 5.41) is 5.37. The van der Waals surface area contributed by atoms with E-state index in [0.29, 0.717) is 13.0 Å². The van der Waals surface area contributed by atoms with Crippen molar-refractivity contribution in [1.29, 1.82) is 0 Å². The summed E-state index contributed by atoms with van der Waals surface area (Å²) >= 11 is 0. The van der Waals surface area contributed by atoms with E-state index in [-0.39, 0.29) is 24.3 Å². The van der Waals surface area contributed by atoms with Gasteiger partial charge in [-0.3, -0.25) is 14.5 Å². The number of carbonyl (C=O) groups is 2. The molecule has 1 unspecified atom stereocenters. The number of hydrogen-bond acceptors (Lipinski definition) is 7. The second kappa shape index (κ2) is 10.1. The van der Waals surface area contributed by atoms with Crippen LogP contribution in [0.1, 0.15) is 37.3 Å². The molecular weight excluding hydrogens is 444 g/mol. The Morgan fingerprint density at radius 2 is 1.94 bits per heavy atom. The summed E-state index contributed by atoms with van der Waals surface area (Å²) in [4.78, 5) is 31.0. The van der Waals surface area contributed by atoms with Crippen LogP contribution in [0, 0.1) is 0 Å². The van der Waals surface area contributed by atoms with Crippen LogP contribution in [0.25, 0.3) is 11.0 Å². The average Bonchev–Trinajstić information content (AvgIpc) is 3.30. The molecule has 2 aliphatic heterocycles. The maximum atomic E-state index is 12.6. The highest BCUT2D eigenvalue weighted by Gasteiger charge is 2.31. The van der Waals surface area contributed by atoms with Crippen LogP contribution in [-0.2, 0) is 20.7 Å². The number of rotatable bonds is 7. The topological polar surface area (TPSA) is 79.1 Å². The number of para-hydroxylation sites is 1. The van der Waals surface area contributed by atoms with Gasteiger partial charge in [0.1, 0.15) is 6.54 Å². The third-order valence-electron chi connectivity index (χ3n) is 7.04. The maximum absolute atomic E-state index is 12.6. The Bertz CT molecular complexity index is 1210. The number of hydrogen-bond donors (Lipinski definition) is 0.